The summed E-state index contributed by atoms with van der Waals surface area (Å²) in [5.74, 6) is 1.59. The molecule has 0 heterocycles. The third-order valence-corrected chi connectivity index (χ3v) is 3.80. The van der Waals surface area contributed by atoms with Gasteiger partial charge in [0.1, 0.15) is 5.75 Å². The van der Waals surface area contributed by atoms with Crippen molar-refractivity contribution in [3.8, 4) is 23.0 Å². The number of rotatable bonds is 6. The van der Waals surface area contributed by atoms with Crippen molar-refractivity contribution in [3.63, 3.8) is 0 Å². The number of methoxy groups -OCH3 is 3. The van der Waals surface area contributed by atoms with Gasteiger partial charge in [-0.15, -0.1) is 0 Å². The summed E-state index contributed by atoms with van der Waals surface area (Å²) in [6.07, 6.45) is 2.99. The number of benzene rings is 2. The molecule has 0 amide bonds. The van der Waals surface area contributed by atoms with Crippen LogP contribution < -0.4 is 18.9 Å². The Bertz CT molecular complexity index is 768. The highest BCUT2D eigenvalue weighted by molar-refractivity contribution is 5.89. The zero-order valence-electron chi connectivity index (χ0n) is 15.1. The van der Waals surface area contributed by atoms with Crippen molar-refractivity contribution in [2.45, 2.75) is 13.8 Å². The van der Waals surface area contributed by atoms with E-state index in [4.69, 9.17) is 18.9 Å². The molecule has 0 aromatic heterocycles. The molecule has 0 aliphatic heterocycles. The molecule has 2 aromatic carbocycles. The molecule has 0 saturated heterocycles. The number of carbonyl (C=O) groups is 1. The van der Waals surface area contributed by atoms with Gasteiger partial charge in [-0.25, -0.2) is 4.79 Å². The van der Waals surface area contributed by atoms with Crippen molar-refractivity contribution < 1.29 is 23.7 Å². The highest BCUT2D eigenvalue weighted by atomic mass is 16.5. The van der Waals surface area contributed by atoms with Crippen LogP contribution in [-0.4, -0.2) is 27.3 Å². The standard InChI is InChI=1S/C20H22O5/c1-13-6-8-16(10-14(13)2)25-19(21)9-7-15-11-17(22-3)20(24-5)18(12-15)23-4/h6-12H,1-5H3. The lowest BCUT2D eigenvalue weighted by Crippen LogP contribution is -2.04. The van der Waals surface area contributed by atoms with Crippen LogP contribution in [0.1, 0.15) is 16.7 Å². The summed E-state index contributed by atoms with van der Waals surface area (Å²) in [4.78, 5) is 12.0. The van der Waals surface area contributed by atoms with E-state index in [-0.39, 0.29) is 0 Å². The van der Waals surface area contributed by atoms with Crippen molar-refractivity contribution in [3.05, 3.63) is 53.1 Å². The van der Waals surface area contributed by atoms with Crippen molar-refractivity contribution in [1.29, 1.82) is 0 Å². The van der Waals surface area contributed by atoms with Gasteiger partial charge >= 0.3 is 5.97 Å². The first kappa shape index (κ1) is 18.4. The van der Waals surface area contributed by atoms with E-state index >= 15 is 0 Å². The van der Waals surface area contributed by atoms with Crippen LogP contribution >= 0.6 is 0 Å². The SMILES string of the molecule is COc1cc(C=CC(=O)Oc2ccc(C)c(C)c2)cc(OC)c1OC. The van der Waals surface area contributed by atoms with Crippen LogP contribution in [0.3, 0.4) is 0 Å². The second kappa shape index (κ2) is 8.24. The van der Waals surface area contributed by atoms with E-state index in [9.17, 15) is 4.79 Å². The largest absolute Gasteiger partial charge is 0.493 e. The topological polar surface area (TPSA) is 54.0 Å². The minimum absolute atomic E-state index is 0.461. The lowest BCUT2D eigenvalue weighted by molar-refractivity contribution is -0.128. The van der Waals surface area contributed by atoms with E-state index in [0.717, 1.165) is 16.7 Å². The summed E-state index contributed by atoms with van der Waals surface area (Å²) in [6.45, 7) is 3.98. The normalized spacial score (nSPS) is 10.6. The van der Waals surface area contributed by atoms with Crippen LogP contribution in [0.15, 0.2) is 36.4 Å². The van der Waals surface area contributed by atoms with Crippen LogP contribution in [0.4, 0.5) is 0 Å². The first-order chi connectivity index (χ1) is 12.0. The van der Waals surface area contributed by atoms with Crippen LogP contribution in [0.25, 0.3) is 6.08 Å². The highest BCUT2D eigenvalue weighted by Gasteiger charge is 2.12. The zero-order valence-corrected chi connectivity index (χ0v) is 15.1. The minimum Gasteiger partial charge on any atom is -0.493 e. The Hall–Kier alpha value is -2.95. The molecular weight excluding hydrogens is 320 g/mol. The summed E-state index contributed by atoms with van der Waals surface area (Å²) >= 11 is 0. The molecule has 0 aliphatic carbocycles. The van der Waals surface area contributed by atoms with Gasteiger partial charge in [0, 0.05) is 6.08 Å². The molecule has 0 atom stereocenters. The fourth-order valence-corrected chi connectivity index (χ4v) is 2.29. The number of aryl methyl sites for hydroxylation is 2. The van der Waals surface area contributed by atoms with E-state index in [1.807, 2.05) is 26.0 Å². The van der Waals surface area contributed by atoms with Gasteiger partial charge < -0.3 is 18.9 Å². The second-order valence-corrected chi connectivity index (χ2v) is 5.46. The molecule has 2 rings (SSSR count). The van der Waals surface area contributed by atoms with Gasteiger partial charge in [0.15, 0.2) is 11.5 Å². The van der Waals surface area contributed by atoms with E-state index in [0.29, 0.717) is 23.0 Å². The quantitative estimate of drug-likeness (QED) is 0.452. The van der Waals surface area contributed by atoms with Crippen molar-refractivity contribution >= 4 is 12.0 Å². The first-order valence-corrected chi connectivity index (χ1v) is 7.75. The summed E-state index contributed by atoms with van der Waals surface area (Å²) in [5, 5.41) is 0. The Morgan fingerprint density at radius 2 is 1.52 bits per heavy atom. The number of ether oxygens (including phenoxy) is 4. The predicted octanol–water partition coefficient (Wildman–Crippen LogP) is 3.95. The van der Waals surface area contributed by atoms with Crippen LogP contribution in [0.5, 0.6) is 23.0 Å². The molecule has 5 heteroatoms. The molecule has 5 nitrogen and oxygen atoms in total. The fourth-order valence-electron chi connectivity index (χ4n) is 2.29. The van der Waals surface area contributed by atoms with E-state index in [2.05, 4.69) is 0 Å². The van der Waals surface area contributed by atoms with Crippen molar-refractivity contribution in [2.75, 3.05) is 21.3 Å². The molecule has 0 saturated carbocycles. The van der Waals surface area contributed by atoms with Gasteiger partial charge in [-0.05, 0) is 60.9 Å². The maximum Gasteiger partial charge on any atom is 0.336 e. The van der Waals surface area contributed by atoms with Crippen LogP contribution in [0, 0.1) is 13.8 Å². The zero-order chi connectivity index (χ0) is 18.4. The lowest BCUT2D eigenvalue weighted by Gasteiger charge is -2.12. The third-order valence-electron chi connectivity index (χ3n) is 3.80. The molecule has 0 bridgehead atoms. The third kappa shape index (κ3) is 4.53. The molecule has 0 unspecified atom stereocenters. The number of esters is 1. The lowest BCUT2D eigenvalue weighted by atomic mass is 10.1. The van der Waals surface area contributed by atoms with Crippen molar-refractivity contribution in [1.82, 2.24) is 0 Å². The first-order valence-electron chi connectivity index (χ1n) is 7.75. The molecule has 2 aromatic rings. The molecule has 25 heavy (non-hydrogen) atoms. The molecule has 0 spiro atoms. The fraction of sp³-hybridized carbons (Fsp3) is 0.250. The smallest absolute Gasteiger partial charge is 0.336 e. The average molecular weight is 342 g/mol. The van der Waals surface area contributed by atoms with E-state index in [1.54, 1.807) is 38.5 Å². The Morgan fingerprint density at radius 1 is 0.880 bits per heavy atom. The monoisotopic (exact) mass is 342 g/mol. The van der Waals surface area contributed by atoms with Gasteiger partial charge in [-0.2, -0.15) is 0 Å². The van der Waals surface area contributed by atoms with Gasteiger partial charge in [0.05, 0.1) is 21.3 Å². The summed E-state index contributed by atoms with van der Waals surface area (Å²) in [6, 6.07) is 9.03. The molecular formula is C20H22O5. The summed E-state index contributed by atoms with van der Waals surface area (Å²) in [7, 11) is 4.62. The number of carbonyl (C=O) groups excluding carboxylic acids is 1. The second-order valence-electron chi connectivity index (χ2n) is 5.46. The minimum atomic E-state index is -0.461. The van der Waals surface area contributed by atoms with Gasteiger partial charge in [0.25, 0.3) is 0 Å². The predicted molar refractivity (Wildman–Crippen MR) is 96.7 cm³/mol. The van der Waals surface area contributed by atoms with E-state index < -0.39 is 5.97 Å². The van der Waals surface area contributed by atoms with Gasteiger partial charge in [-0.3, -0.25) is 0 Å². The summed E-state index contributed by atoms with van der Waals surface area (Å²) in [5.41, 5.74) is 2.94. The Balaban J connectivity index is 2.17. The maximum absolute atomic E-state index is 12.0. The molecule has 0 aliphatic rings. The number of hydrogen-bond donors (Lipinski definition) is 0. The Kier molecular flexibility index (Phi) is 6.06. The molecule has 0 fully saturated rings. The average Bonchev–Trinajstić information content (AvgIpc) is 2.62. The Morgan fingerprint density at radius 3 is 2.04 bits per heavy atom. The van der Waals surface area contributed by atoms with E-state index in [1.165, 1.54) is 13.2 Å². The van der Waals surface area contributed by atoms with Crippen LogP contribution in [-0.2, 0) is 4.79 Å². The number of hydrogen-bond acceptors (Lipinski definition) is 5. The van der Waals surface area contributed by atoms with Gasteiger partial charge in [0.2, 0.25) is 5.75 Å². The highest BCUT2D eigenvalue weighted by Crippen LogP contribution is 2.38. The molecule has 0 radical (unpaired) electrons. The van der Waals surface area contributed by atoms with Crippen molar-refractivity contribution in [2.24, 2.45) is 0 Å². The van der Waals surface area contributed by atoms with Crippen LogP contribution in [0.2, 0.25) is 0 Å². The molecule has 0 N–H and O–H groups in total. The maximum atomic E-state index is 12.0. The Labute approximate surface area is 147 Å². The van der Waals surface area contributed by atoms with Gasteiger partial charge in [-0.1, -0.05) is 6.07 Å². The molecule has 132 valence electrons. The summed E-state index contributed by atoms with van der Waals surface area (Å²) < 4.78 is 21.2.